The van der Waals surface area contributed by atoms with E-state index >= 15 is 0 Å². The first-order valence-electron chi connectivity index (χ1n) is 12.7. The number of anilines is 2. The Morgan fingerprint density at radius 2 is 1.55 bits per heavy atom. The number of nitrogens with zero attached hydrogens (tertiary/aromatic N) is 4. The summed E-state index contributed by atoms with van der Waals surface area (Å²) in [6.45, 7) is 3.16. The summed E-state index contributed by atoms with van der Waals surface area (Å²) in [4.78, 5) is 11.6. The van der Waals surface area contributed by atoms with Gasteiger partial charge in [0.05, 0.1) is 34.8 Å². The standard InChI is InChI=1S/C28H28F3N5O3S/c1-19(35-15-17-36(18-16-35)40(37,38)21-13-11-20(12-14-21)28(29,30)31)26-32-23-8-4-3-7-22(23)27(34-26)33-24-9-5-6-10-25(24)39-2/h3-14,19H,15-18H2,1-2H3,(H,32,33,34). The Kier molecular flexibility index (Phi) is 7.67. The van der Waals surface area contributed by atoms with Gasteiger partial charge in [-0.1, -0.05) is 24.3 Å². The summed E-state index contributed by atoms with van der Waals surface area (Å²) in [6.07, 6.45) is -4.53. The second-order valence-corrected chi connectivity index (χ2v) is 11.3. The maximum atomic E-state index is 13.1. The highest BCUT2D eigenvalue weighted by Crippen LogP contribution is 2.33. The molecule has 12 heteroatoms. The van der Waals surface area contributed by atoms with E-state index in [9.17, 15) is 21.6 Å². The molecule has 1 fully saturated rings. The highest BCUT2D eigenvalue weighted by atomic mass is 32.2. The van der Waals surface area contributed by atoms with Crippen LogP contribution < -0.4 is 10.1 Å². The number of ether oxygens (including phenoxy) is 1. The van der Waals surface area contributed by atoms with Crippen LogP contribution in [0.2, 0.25) is 0 Å². The number of methoxy groups -OCH3 is 1. The van der Waals surface area contributed by atoms with Crippen LogP contribution in [0.3, 0.4) is 0 Å². The van der Waals surface area contributed by atoms with E-state index in [0.717, 1.165) is 40.9 Å². The van der Waals surface area contributed by atoms with E-state index in [0.29, 0.717) is 30.5 Å². The molecule has 1 N–H and O–H groups in total. The molecule has 1 aliphatic heterocycles. The molecule has 2 heterocycles. The molecule has 1 aliphatic rings. The van der Waals surface area contributed by atoms with E-state index < -0.39 is 21.8 Å². The van der Waals surface area contributed by atoms with Gasteiger partial charge in [-0.25, -0.2) is 18.4 Å². The molecule has 5 rings (SSSR count). The van der Waals surface area contributed by atoms with E-state index in [2.05, 4.69) is 10.2 Å². The fourth-order valence-corrected chi connectivity index (χ4v) is 6.13. The van der Waals surface area contributed by atoms with E-state index in [1.807, 2.05) is 55.5 Å². The van der Waals surface area contributed by atoms with Crippen LogP contribution in [0.1, 0.15) is 24.4 Å². The monoisotopic (exact) mass is 571 g/mol. The van der Waals surface area contributed by atoms with Gasteiger partial charge in [-0.2, -0.15) is 17.5 Å². The Morgan fingerprint density at radius 1 is 0.900 bits per heavy atom. The molecule has 0 spiro atoms. The minimum Gasteiger partial charge on any atom is -0.495 e. The lowest BCUT2D eigenvalue weighted by Crippen LogP contribution is -2.49. The number of rotatable bonds is 7. The topological polar surface area (TPSA) is 87.7 Å². The lowest BCUT2D eigenvalue weighted by molar-refractivity contribution is -0.137. The molecule has 1 unspecified atom stereocenters. The first-order valence-corrected chi connectivity index (χ1v) is 14.1. The summed E-state index contributed by atoms with van der Waals surface area (Å²) >= 11 is 0. The Balaban J connectivity index is 1.34. The van der Waals surface area contributed by atoms with Crippen LogP contribution in [0.5, 0.6) is 5.75 Å². The minimum atomic E-state index is -4.53. The maximum Gasteiger partial charge on any atom is 0.416 e. The number of para-hydroxylation sites is 3. The third-order valence-electron chi connectivity index (χ3n) is 6.99. The quantitative estimate of drug-likeness (QED) is 0.315. The van der Waals surface area contributed by atoms with Crippen molar-refractivity contribution in [3.05, 3.63) is 84.2 Å². The van der Waals surface area contributed by atoms with Crippen molar-refractivity contribution in [2.45, 2.75) is 24.0 Å². The molecule has 0 aliphatic carbocycles. The largest absolute Gasteiger partial charge is 0.495 e. The Hall–Kier alpha value is -3.74. The van der Waals surface area contributed by atoms with Crippen LogP contribution in [0.25, 0.3) is 10.9 Å². The molecule has 4 aromatic rings. The van der Waals surface area contributed by atoms with Crippen molar-refractivity contribution < 1.29 is 26.3 Å². The molecule has 8 nitrogen and oxygen atoms in total. The molecular weight excluding hydrogens is 543 g/mol. The number of benzene rings is 3. The molecule has 0 amide bonds. The van der Waals surface area contributed by atoms with E-state index in [-0.39, 0.29) is 24.0 Å². The number of fused-ring (bicyclic) bond motifs is 1. The van der Waals surface area contributed by atoms with Crippen molar-refractivity contribution in [2.75, 3.05) is 38.6 Å². The molecule has 3 aromatic carbocycles. The van der Waals surface area contributed by atoms with Crippen molar-refractivity contribution in [3.8, 4) is 5.75 Å². The second kappa shape index (κ2) is 11.0. The van der Waals surface area contributed by atoms with Crippen molar-refractivity contribution in [3.63, 3.8) is 0 Å². The summed E-state index contributed by atoms with van der Waals surface area (Å²) in [5.41, 5.74) is 0.634. The van der Waals surface area contributed by atoms with Crippen LogP contribution in [-0.2, 0) is 16.2 Å². The molecule has 0 saturated carbocycles. The molecule has 0 radical (unpaired) electrons. The summed E-state index contributed by atoms with van der Waals surface area (Å²) in [6, 6.07) is 18.6. The zero-order valence-corrected chi connectivity index (χ0v) is 22.7. The van der Waals surface area contributed by atoms with Gasteiger partial charge in [-0.15, -0.1) is 0 Å². The number of sulfonamides is 1. The summed E-state index contributed by atoms with van der Waals surface area (Å²) in [5.74, 6) is 1.88. The molecule has 210 valence electrons. The van der Waals surface area contributed by atoms with Crippen LogP contribution in [0, 0.1) is 0 Å². The van der Waals surface area contributed by atoms with Crippen LogP contribution in [0.4, 0.5) is 24.7 Å². The fraction of sp³-hybridized carbons (Fsp3) is 0.286. The van der Waals surface area contributed by atoms with Gasteiger partial charge in [0, 0.05) is 31.6 Å². The summed E-state index contributed by atoms with van der Waals surface area (Å²) in [7, 11) is -2.33. The molecule has 1 saturated heterocycles. The number of halogens is 3. The Labute approximate surface area is 230 Å². The van der Waals surface area contributed by atoms with Crippen molar-refractivity contribution in [1.29, 1.82) is 0 Å². The first-order chi connectivity index (χ1) is 19.1. The number of hydrogen-bond acceptors (Lipinski definition) is 7. The minimum absolute atomic E-state index is 0.160. The highest BCUT2D eigenvalue weighted by molar-refractivity contribution is 7.89. The van der Waals surface area contributed by atoms with Gasteiger partial charge in [-0.05, 0) is 55.5 Å². The zero-order valence-electron chi connectivity index (χ0n) is 21.9. The molecule has 1 atom stereocenters. The van der Waals surface area contributed by atoms with E-state index in [1.165, 1.54) is 4.31 Å². The van der Waals surface area contributed by atoms with Crippen molar-refractivity contribution in [1.82, 2.24) is 19.2 Å². The smallest absolute Gasteiger partial charge is 0.416 e. The average Bonchev–Trinajstić information content (AvgIpc) is 2.96. The third-order valence-corrected chi connectivity index (χ3v) is 8.91. The Morgan fingerprint density at radius 3 is 2.23 bits per heavy atom. The number of alkyl halides is 3. The van der Waals surface area contributed by atoms with Gasteiger partial charge in [0.1, 0.15) is 17.4 Å². The Bertz CT molecular complexity index is 1610. The van der Waals surface area contributed by atoms with Crippen molar-refractivity contribution >= 4 is 32.4 Å². The predicted molar refractivity (Wildman–Crippen MR) is 146 cm³/mol. The molecular formula is C28H28F3N5O3S. The lowest BCUT2D eigenvalue weighted by Gasteiger charge is -2.37. The summed E-state index contributed by atoms with van der Waals surface area (Å²) in [5, 5.41) is 4.21. The van der Waals surface area contributed by atoms with E-state index in [1.54, 1.807) is 7.11 Å². The SMILES string of the molecule is COc1ccccc1Nc1nc(C(C)N2CCN(S(=O)(=O)c3ccc(C(F)(F)F)cc3)CC2)nc2ccccc12. The van der Waals surface area contributed by atoms with Gasteiger partial charge in [0.15, 0.2) is 0 Å². The summed E-state index contributed by atoms with van der Waals surface area (Å²) < 4.78 is 71.7. The average molecular weight is 572 g/mol. The zero-order chi connectivity index (χ0) is 28.5. The third kappa shape index (κ3) is 5.60. The molecule has 0 bridgehead atoms. The van der Waals surface area contributed by atoms with Crippen LogP contribution >= 0.6 is 0 Å². The second-order valence-electron chi connectivity index (χ2n) is 9.41. The fourth-order valence-electron chi connectivity index (χ4n) is 4.71. The van der Waals surface area contributed by atoms with Crippen LogP contribution in [-0.4, -0.2) is 60.9 Å². The lowest BCUT2D eigenvalue weighted by atomic mass is 10.2. The van der Waals surface area contributed by atoms with Gasteiger partial charge in [-0.3, -0.25) is 4.90 Å². The first kappa shape index (κ1) is 27.8. The van der Waals surface area contributed by atoms with E-state index in [4.69, 9.17) is 14.7 Å². The molecule has 40 heavy (non-hydrogen) atoms. The van der Waals surface area contributed by atoms with Gasteiger partial charge < -0.3 is 10.1 Å². The number of nitrogens with one attached hydrogen (secondary N) is 1. The number of aromatic nitrogens is 2. The van der Waals surface area contributed by atoms with Crippen molar-refractivity contribution in [2.24, 2.45) is 0 Å². The predicted octanol–water partition coefficient (Wildman–Crippen LogP) is 5.47. The number of piperazine rings is 1. The van der Waals surface area contributed by atoms with Gasteiger partial charge in [0.2, 0.25) is 10.0 Å². The van der Waals surface area contributed by atoms with Gasteiger partial charge >= 0.3 is 6.18 Å². The number of hydrogen-bond donors (Lipinski definition) is 1. The normalized spacial score (nSPS) is 16.1. The maximum absolute atomic E-state index is 13.1. The molecule has 1 aromatic heterocycles. The van der Waals surface area contributed by atoms with Gasteiger partial charge in [0.25, 0.3) is 0 Å². The highest BCUT2D eigenvalue weighted by Gasteiger charge is 2.33. The van der Waals surface area contributed by atoms with Crippen LogP contribution in [0.15, 0.2) is 77.7 Å².